The number of hydrogen-bond donors (Lipinski definition) is 0. The van der Waals surface area contributed by atoms with Gasteiger partial charge in [-0.05, 0) is 12.0 Å². The topological polar surface area (TPSA) is 65.1 Å². The predicted molar refractivity (Wildman–Crippen MR) is 72.4 cm³/mol. The molecule has 1 aromatic rings. The summed E-state index contributed by atoms with van der Waals surface area (Å²) in [6.45, 7) is 0.344. The van der Waals surface area contributed by atoms with Crippen LogP contribution in [0.25, 0.3) is 0 Å². The van der Waals surface area contributed by atoms with Crippen molar-refractivity contribution in [2.75, 3.05) is 13.7 Å². The highest BCUT2D eigenvalue weighted by molar-refractivity contribution is 5.82. The van der Waals surface area contributed by atoms with Gasteiger partial charge in [0, 0.05) is 0 Å². The van der Waals surface area contributed by atoms with Gasteiger partial charge in [-0.25, -0.2) is 9.59 Å². The van der Waals surface area contributed by atoms with Gasteiger partial charge in [-0.3, -0.25) is 4.90 Å². The lowest BCUT2D eigenvalue weighted by molar-refractivity contribution is -0.152. The maximum Gasteiger partial charge on any atom is 0.411 e. The molecule has 3 atom stereocenters. The van der Waals surface area contributed by atoms with Crippen molar-refractivity contribution in [2.24, 2.45) is 0 Å². The number of fused-ring (bicyclic) bond motifs is 1. The molecule has 0 radical (unpaired) electrons. The molecule has 1 aliphatic heterocycles. The Bertz CT molecular complexity index is 532. The number of ether oxygens (including phenoxy) is 3. The lowest BCUT2D eigenvalue weighted by Gasteiger charge is -2.32. The second-order valence-electron chi connectivity index (χ2n) is 5.16. The van der Waals surface area contributed by atoms with E-state index in [4.69, 9.17) is 14.2 Å². The normalized spacial score (nSPS) is 26.7. The summed E-state index contributed by atoms with van der Waals surface area (Å²) in [5.41, 5.74) is 0.904. The average Bonchev–Trinajstić information content (AvgIpc) is 3.31. The van der Waals surface area contributed by atoms with E-state index in [1.165, 1.54) is 12.0 Å². The molecule has 1 amide bonds. The maximum atomic E-state index is 12.3. The van der Waals surface area contributed by atoms with Gasteiger partial charge in [0.05, 0.1) is 25.9 Å². The van der Waals surface area contributed by atoms with Crippen LogP contribution >= 0.6 is 0 Å². The third-order valence-corrected chi connectivity index (χ3v) is 3.75. The number of carbonyl (C=O) groups excluding carboxylic acids is 2. The Morgan fingerprint density at radius 1 is 1.33 bits per heavy atom. The van der Waals surface area contributed by atoms with Gasteiger partial charge >= 0.3 is 12.1 Å². The SMILES string of the molecule is COC(=O)[C@@H]1CO[C@@H]2C[C@@H]2N1C(=O)OCc1ccccc1. The molecule has 112 valence electrons. The van der Waals surface area contributed by atoms with E-state index >= 15 is 0 Å². The number of methoxy groups -OCH3 is 1. The van der Waals surface area contributed by atoms with Crippen LogP contribution in [-0.4, -0.2) is 48.9 Å². The molecular weight excluding hydrogens is 274 g/mol. The van der Waals surface area contributed by atoms with E-state index in [9.17, 15) is 9.59 Å². The Kier molecular flexibility index (Phi) is 3.79. The van der Waals surface area contributed by atoms with Crippen LogP contribution in [0.2, 0.25) is 0 Å². The first kappa shape index (κ1) is 13.9. The summed E-state index contributed by atoms with van der Waals surface area (Å²) in [6, 6.07) is 8.62. The Morgan fingerprint density at radius 2 is 2.10 bits per heavy atom. The molecular formula is C15H17NO5. The number of benzene rings is 1. The van der Waals surface area contributed by atoms with Crippen molar-refractivity contribution in [1.29, 1.82) is 0 Å². The Hall–Kier alpha value is -2.08. The van der Waals surface area contributed by atoms with Crippen molar-refractivity contribution in [3.8, 4) is 0 Å². The summed E-state index contributed by atoms with van der Waals surface area (Å²) >= 11 is 0. The van der Waals surface area contributed by atoms with Gasteiger partial charge in [0.1, 0.15) is 6.61 Å². The lowest BCUT2D eigenvalue weighted by Crippen LogP contribution is -2.53. The van der Waals surface area contributed by atoms with Crippen LogP contribution in [0.3, 0.4) is 0 Å². The second kappa shape index (κ2) is 5.73. The molecule has 1 saturated carbocycles. The summed E-state index contributed by atoms with van der Waals surface area (Å²) in [5, 5.41) is 0. The van der Waals surface area contributed by atoms with Crippen molar-refractivity contribution in [1.82, 2.24) is 4.90 Å². The van der Waals surface area contributed by atoms with Gasteiger partial charge in [-0.15, -0.1) is 0 Å². The van der Waals surface area contributed by atoms with E-state index in [-0.39, 0.29) is 25.4 Å². The molecule has 0 unspecified atom stereocenters. The standard InChI is InChI=1S/C15H17NO5/c1-19-14(17)12-9-20-13-7-11(13)16(12)15(18)21-8-10-5-3-2-4-6-10/h2-6,11-13H,7-9H2,1H3/t11-,12-,13+/m0/s1. The van der Waals surface area contributed by atoms with Crippen LogP contribution in [0, 0.1) is 0 Å². The highest BCUT2D eigenvalue weighted by Crippen LogP contribution is 2.37. The molecule has 21 heavy (non-hydrogen) atoms. The fourth-order valence-electron chi connectivity index (χ4n) is 2.53. The first-order chi connectivity index (χ1) is 10.2. The quantitative estimate of drug-likeness (QED) is 0.786. The fourth-order valence-corrected chi connectivity index (χ4v) is 2.53. The number of carbonyl (C=O) groups is 2. The van der Waals surface area contributed by atoms with Gasteiger partial charge in [0.2, 0.25) is 0 Å². The first-order valence-electron chi connectivity index (χ1n) is 6.89. The molecule has 0 N–H and O–H groups in total. The fraction of sp³-hybridized carbons (Fsp3) is 0.467. The first-order valence-corrected chi connectivity index (χ1v) is 6.89. The Balaban J connectivity index is 1.65. The van der Waals surface area contributed by atoms with Crippen LogP contribution in [0.4, 0.5) is 4.79 Å². The minimum atomic E-state index is -0.720. The van der Waals surface area contributed by atoms with Crippen molar-refractivity contribution in [3.63, 3.8) is 0 Å². The molecule has 2 fully saturated rings. The van der Waals surface area contributed by atoms with E-state index < -0.39 is 18.1 Å². The second-order valence-corrected chi connectivity index (χ2v) is 5.16. The lowest BCUT2D eigenvalue weighted by atomic mass is 10.2. The van der Waals surface area contributed by atoms with Crippen LogP contribution in [0.1, 0.15) is 12.0 Å². The number of nitrogens with zero attached hydrogens (tertiary/aromatic N) is 1. The molecule has 6 nitrogen and oxygen atoms in total. The Morgan fingerprint density at radius 3 is 2.81 bits per heavy atom. The number of esters is 1. The summed E-state index contributed by atoms with van der Waals surface area (Å²) < 4.78 is 15.5. The molecule has 6 heteroatoms. The van der Waals surface area contributed by atoms with E-state index in [2.05, 4.69) is 0 Å². The van der Waals surface area contributed by atoms with Crippen molar-refractivity contribution in [3.05, 3.63) is 35.9 Å². The minimum Gasteiger partial charge on any atom is -0.467 e. The van der Waals surface area contributed by atoms with Gasteiger partial charge in [0.15, 0.2) is 6.04 Å². The summed E-state index contributed by atoms with van der Waals surface area (Å²) in [4.78, 5) is 25.5. The number of amides is 1. The summed E-state index contributed by atoms with van der Waals surface area (Å²) in [5.74, 6) is -0.475. The zero-order valence-corrected chi connectivity index (χ0v) is 11.7. The highest BCUT2D eigenvalue weighted by atomic mass is 16.6. The monoisotopic (exact) mass is 291 g/mol. The largest absolute Gasteiger partial charge is 0.467 e. The van der Waals surface area contributed by atoms with Gasteiger partial charge in [-0.2, -0.15) is 0 Å². The minimum absolute atomic E-state index is 0.0233. The van der Waals surface area contributed by atoms with Gasteiger partial charge in [0.25, 0.3) is 0 Å². The molecule has 1 heterocycles. The number of rotatable bonds is 3. The Labute approximate surface area is 122 Å². The number of hydrogen-bond acceptors (Lipinski definition) is 5. The van der Waals surface area contributed by atoms with Crippen LogP contribution in [0.5, 0.6) is 0 Å². The van der Waals surface area contributed by atoms with Crippen LogP contribution in [-0.2, 0) is 25.6 Å². The molecule has 2 aliphatic rings. The summed E-state index contributed by atoms with van der Waals surface area (Å²) in [6.07, 6.45) is 0.272. The van der Waals surface area contributed by atoms with Crippen LogP contribution < -0.4 is 0 Å². The molecule has 0 bridgehead atoms. The number of morpholine rings is 1. The zero-order chi connectivity index (χ0) is 14.8. The average molecular weight is 291 g/mol. The van der Waals surface area contributed by atoms with Crippen molar-refractivity contribution in [2.45, 2.75) is 31.2 Å². The highest BCUT2D eigenvalue weighted by Gasteiger charge is 2.54. The molecule has 3 rings (SSSR count). The van der Waals surface area contributed by atoms with E-state index in [0.717, 1.165) is 12.0 Å². The van der Waals surface area contributed by atoms with E-state index in [0.29, 0.717) is 0 Å². The molecule has 1 aliphatic carbocycles. The third-order valence-electron chi connectivity index (χ3n) is 3.75. The molecule has 1 aromatic carbocycles. The summed E-state index contributed by atoms with van der Waals surface area (Å²) in [7, 11) is 1.30. The molecule has 1 saturated heterocycles. The van der Waals surface area contributed by atoms with Crippen LogP contribution in [0.15, 0.2) is 30.3 Å². The van der Waals surface area contributed by atoms with Crippen molar-refractivity contribution >= 4 is 12.1 Å². The smallest absolute Gasteiger partial charge is 0.411 e. The van der Waals surface area contributed by atoms with Crippen molar-refractivity contribution < 1.29 is 23.8 Å². The molecule has 0 spiro atoms. The third kappa shape index (κ3) is 2.85. The predicted octanol–water partition coefficient (Wildman–Crippen LogP) is 1.34. The zero-order valence-electron chi connectivity index (χ0n) is 11.7. The van der Waals surface area contributed by atoms with E-state index in [1.54, 1.807) is 0 Å². The van der Waals surface area contributed by atoms with Gasteiger partial charge < -0.3 is 14.2 Å². The molecule has 0 aromatic heterocycles. The maximum absolute atomic E-state index is 12.3. The van der Waals surface area contributed by atoms with E-state index in [1.807, 2.05) is 30.3 Å². The van der Waals surface area contributed by atoms with Gasteiger partial charge in [-0.1, -0.05) is 30.3 Å².